The van der Waals surface area contributed by atoms with Crippen LogP contribution in [0.4, 0.5) is 23.2 Å². The van der Waals surface area contributed by atoms with Crippen LogP contribution in [-0.4, -0.2) is 40.8 Å². The SMILES string of the molecule is CCOC(=O)c1c(OCC(F)(F)F)c2cc(NC(=O)c3ccc(F)cc3)c(C)nc2n1C. The van der Waals surface area contributed by atoms with Gasteiger partial charge in [0.15, 0.2) is 18.1 Å². The van der Waals surface area contributed by atoms with Gasteiger partial charge in [-0.2, -0.15) is 13.2 Å². The lowest BCUT2D eigenvalue weighted by molar-refractivity contribution is -0.153. The fraction of sp³-hybridized carbons (Fsp3) is 0.286. The number of nitrogens with zero attached hydrogens (tertiary/aromatic N) is 2. The van der Waals surface area contributed by atoms with Crippen molar-refractivity contribution < 1.29 is 36.6 Å². The number of anilines is 1. The molecule has 1 aromatic carbocycles. The van der Waals surface area contributed by atoms with Gasteiger partial charge in [-0.25, -0.2) is 14.2 Å². The van der Waals surface area contributed by atoms with Gasteiger partial charge in [0.1, 0.15) is 11.5 Å². The molecular formula is C21H19F4N3O4. The second-order valence-electron chi connectivity index (χ2n) is 6.81. The second kappa shape index (κ2) is 8.85. The van der Waals surface area contributed by atoms with Crippen molar-refractivity contribution >= 4 is 28.6 Å². The minimum Gasteiger partial charge on any atom is -0.481 e. The molecule has 170 valence electrons. The van der Waals surface area contributed by atoms with Crippen molar-refractivity contribution in [2.45, 2.75) is 20.0 Å². The summed E-state index contributed by atoms with van der Waals surface area (Å²) in [6.07, 6.45) is -4.65. The van der Waals surface area contributed by atoms with E-state index in [-0.39, 0.29) is 40.3 Å². The number of benzene rings is 1. The van der Waals surface area contributed by atoms with Crippen LogP contribution in [-0.2, 0) is 11.8 Å². The van der Waals surface area contributed by atoms with Crippen LogP contribution in [0, 0.1) is 12.7 Å². The van der Waals surface area contributed by atoms with E-state index in [4.69, 9.17) is 9.47 Å². The van der Waals surface area contributed by atoms with Gasteiger partial charge >= 0.3 is 12.1 Å². The molecule has 2 heterocycles. The number of aromatic nitrogens is 2. The van der Waals surface area contributed by atoms with E-state index in [1.807, 2.05) is 0 Å². The third-order valence-corrected chi connectivity index (χ3v) is 4.51. The van der Waals surface area contributed by atoms with Crippen LogP contribution in [0.2, 0.25) is 0 Å². The number of esters is 1. The first-order valence-electron chi connectivity index (χ1n) is 9.45. The van der Waals surface area contributed by atoms with E-state index in [0.717, 1.165) is 12.1 Å². The van der Waals surface area contributed by atoms with E-state index in [0.29, 0.717) is 5.69 Å². The lowest BCUT2D eigenvalue weighted by Crippen LogP contribution is -2.20. The van der Waals surface area contributed by atoms with E-state index >= 15 is 0 Å². The summed E-state index contributed by atoms with van der Waals surface area (Å²) in [7, 11) is 1.44. The zero-order valence-corrected chi connectivity index (χ0v) is 17.3. The second-order valence-corrected chi connectivity index (χ2v) is 6.81. The molecule has 0 aliphatic heterocycles. The molecule has 0 bridgehead atoms. The Bertz CT molecular complexity index is 1170. The van der Waals surface area contributed by atoms with Crippen molar-refractivity contribution in [2.24, 2.45) is 7.05 Å². The minimum absolute atomic E-state index is 0.00447. The van der Waals surface area contributed by atoms with Gasteiger partial charge in [0, 0.05) is 12.6 Å². The number of hydrogen-bond donors (Lipinski definition) is 1. The lowest BCUT2D eigenvalue weighted by Gasteiger charge is -2.11. The Hall–Kier alpha value is -3.63. The molecule has 0 aliphatic carbocycles. The summed E-state index contributed by atoms with van der Waals surface area (Å²) >= 11 is 0. The number of fused-ring (bicyclic) bond motifs is 1. The van der Waals surface area contributed by atoms with Gasteiger partial charge in [0.25, 0.3) is 5.91 Å². The van der Waals surface area contributed by atoms with Crippen molar-refractivity contribution in [1.29, 1.82) is 0 Å². The van der Waals surface area contributed by atoms with Gasteiger partial charge in [-0.3, -0.25) is 4.79 Å². The number of carbonyl (C=O) groups is 2. The van der Waals surface area contributed by atoms with Crippen LogP contribution < -0.4 is 10.1 Å². The van der Waals surface area contributed by atoms with Gasteiger partial charge in [0.2, 0.25) is 0 Å². The number of aryl methyl sites for hydroxylation is 2. The summed E-state index contributed by atoms with van der Waals surface area (Å²) < 4.78 is 62.7. The number of amides is 1. The first kappa shape index (κ1) is 23.0. The van der Waals surface area contributed by atoms with Crippen LogP contribution in [0.5, 0.6) is 5.75 Å². The molecule has 0 radical (unpaired) electrons. The largest absolute Gasteiger partial charge is 0.481 e. The summed E-state index contributed by atoms with van der Waals surface area (Å²) in [4.78, 5) is 29.2. The van der Waals surface area contributed by atoms with E-state index < -0.39 is 30.5 Å². The van der Waals surface area contributed by atoms with Gasteiger partial charge in [-0.15, -0.1) is 0 Å². The van der Waals surface area contributed by atoms with E-state index in [9.17, 15) is 27.2 Å². The molecule has 7 nitrogen and oxygen atoms in total. The van der Waals surface area contributed by atoms with Crippen molar-refractivity contribution in [1.82, 2.24) is 9.55 Å². The molecular weight excluding hydrogens is 434 g/mol. The van der Waals surface area contributed by atoms with Crippen LogP contribution in [0.3, 0.4) is 0 Å². The molecule has 11 heteroatoms. The molecule has 3 rings (SSSR count). The Morgan fingerprint density at radius 1 is 1.19 bits per heavy atom. The summed E-state index contributed by atoms with van der Waals surface area (Å²) in [5.74, 6) is -2.32. The maximum absolute atomic E-state index is 13.1. The van der Waals surface area contributed by atoms with Gasteiger partial charge < -0.3 is 19.4 Å². The van der Waals surface area contributed by atoms with E-state index in [2.05, 4.69) is 10.3 Å². The van der Waals surface area contributed by atoms with Crippen LogP contribution in [0.15, 0.2) is 30.3 Å². The number of halogens is 4. The topological polar surface area (TPSA) is 82.4 Å². The molecule has 1 N–H and O–H groups in total. The monoisotopic (exact) mass is 453 g/mol. The van der Waals surface area contributed by atoms with Gasteiger partial charge in [-0.1, -0.05) is 0 Å². The fourth-order valence-electron chi connectivity index (χ4n) is 3.05. The van der Waals surface area contributed by atoms with Crippen LogP contribution >= 0.6 is 0 Å². The molecule has 3 aromatic rings. The third kappa shape index (κ3) is 4.82. The molecule has 0 saturated carbocycles. The van der Waals surface area contributed by atoms with Crippen LogP contribution in [0.1, 0.15) is 33.5 Å². The third-order valence-electron chi connectivity index (χ3n) is 4.51. The number of hydrogen-bond acceptors (Lipinski definition) is 5. The van der Waals surface area contributed by atoms with Crippen molar-refractivity contribution in [2.75, 3.05) is 18.5 Å². The summed E-state index contributed by atoms with van der Waals surface area (Å²) in [5, 5.41) is 2.68. The number of carbonyl (C=O) groups excluding carboxylic acids is 2. The molecule has 0 fully saturated rings. The summed E-state index contributed by atoms with van der Waals surface area (Å²) in [6.45, 7) is 1.50. The molecule has 0 spiro atoms. The Balaban J connectivity index is 2.08. The molecule has 2 aromatic heterocycles. The van der Waals surface area contributed by atoms with Crippen molar-refractivity contribution in [3.8, 4) is 5.75 Å². The first-order valence-corrected chi connectivity index (χ1v) is 9.45. The maximum Gasteiger partial charge on any atom is 0.422 e. The van der Waals surface area contributed by atoms with Gasteiger partial charge in [-0.05, 0) is 44.2 Å². The first-order chi connectivity index (χ1) is 15.0. The Labute approximate surface area is 179 Å². The predicted octanol–water partition coefficient (Wildman–Crippen LogP) is 4.39. The van der Waals surface area contributed by atoms with Crippen molar-refractivity contribution in [3.05, 3.63) is 53.1 Å². The Morgan fingerprint density at radius 3 is 2.44 bits per heavy atom. The Kier molecular flexibility index (Phi) is 6.37. The smallest absolute Gasteiger partial charge is 0.422 e. The zero-order chi connectivity index (χ0) is 23.6. The highest BCUT2D eigenvalue weighted by Gasteiger charge is 2.32. The summed E-state index contributed by atoms with van der Waals surface area (Å²) in [5.41, 5.74) is 0.623. The number of pyridine rings is 1. The number of alkyl halides is 3. The number of rotatable bonds is 6. The van der Waals surface area contributed by atoms with Crippen LogP contribution in [0.25, 0.3) is 11.0 Å². The highest BCUT2D eigenvalue weighted by Crippen LogP contribution is 2.36. The maximum atomic E-state index is 13.1. The zero-order valence-electron chi connectivity index (χ0n) is 17.3. The average Bonchev–Trinajstić information content (AvgIpc) is 2.98. The molecule has 0 atom stereocenters. The molecule has 32 heavy (non-hydrogen) atoms. The standard InChI is InChI=1S/C21H19F4N3O4/c1-4-31-20(30)16-17(32-10-21(23,24)25)14-9-15(11(2)26-18(14)28(16)3)27-19(29)12-5-7-13(22)8-6-12/h5-9H,4,10H2,1-3H3,(H,27,29). The minimum atomic E-state index is -4.65. The number of nitrogens with one attached hydrogen (secondary N) is 1. The summed E-state index contributed by atoms with van der Waals surface area (Å²) in [6, 6.07) is 6.17. The van der Waals surface area contributed by atoms with E-state index in [1.165, 1.54) is 29.8 Å². The predicted molar refractivity (Wildman–Crippen MR) is 107 cm³/mol. The molecule has 1 amide bonds. The van der Waals surface area contributed by atoms with E-state index in [1.54, 1.807) is 13.8 Å². The quantitative estimate of drug-likeness (QED) is 0.442. The average molecular weight is 453 g/mol. The molecule has 0 saturated heterocycles. The number of ether oxygens (including phenoxy) is 2. The highest BCUT2D eigenvalue weighted by atomic mass is 19.4. The normalized spacial score (nSPS) is 11.5. The fourth-order valence-corrected chi connectivity index (χ4v) is 3.05. The van der Waals surface area contributed by atoms with Gasteiger partial charge in [0.05, 0.1) is 23.4 Å². The highest BCUT2D eigenvalue weighted by molar-refractivity contribution is 6.06. The molecule has 0 unspecified atom stereocenters. The molecule has 0 aliphatic rings. The van der Waals surface area contributed by atoms with Crippen molar-refractivity contribution in [3.63, 3.8) is 0 Å². The Morgan fingerprint density at radius 2 is 1.84 bits per heavy atom. The lowest BCUT2D eigenvalue weighted by atomic mass is 10.2.